The molecule has 2 heterocycles. The molecule has 2 aromatic carbocycles. The Balaban J connectivity index is 1.63. The number of β-lactam (4-membered cyclic amide) rings is 1. The Labute approximate surface area is 156 Å². The number of ether oxygens (including phenoxy) is 1. The van der Waals surface area contributed by atoms with Gasteiger partial charge in [-0.25, -0.2) is 18.2 Å². The predicted molar refractivity (Wildman–Crippen MR) is 93.4 cm³/mol. The van der Waals surface area contributed by atoms with E-state index < -0.39 is 36.0 Å². The molecule has 1 amide bonds. The van der Waals surface area contributed by atoms with Gasteiger partial charge in [-0.3, -0.25) is 4.79 Å². The summed E-state index contributed by atoms with van der Waals surface area (Å²) in [5.41, 5.74) is 1.87. The first-order valence-electron chi connectivity index (χ1n) is 8.48. The van der Waals surface area contributed by atoms with Gasteiger partial charge in [0.25, 0.3) is 5.92 Å². The number of amides is 1. The Morgan fingerprint density at radius 3 is 2.75 bits per heavy atom. The summed E-state index contributed by atoms with van der Waals surface area (Å²) in [6.07, 6.45) is 1.51. The van der Waals surface area contributed by atoms with Crippen LogP contribution in [0.25, 0.3) is 11.0 Å². The van der Waals surface area contributed by atoms with Crippen LogP contribution in [0.5, 0.6) is 5.75 Å². The highest BCUT2D eigenvalue weighted by molar-refractivity contribution is 6.02. The summed E-state index contributed by atoms with van der Waals surface area (Å²) in [6, 6.07) is 6.72. The molecule has 4 rings (SSSR count). The van der Waals surface area contributed by atoms with E-state index in [2.05, 4.69) is 14.7 Å². The number of nitrogens with zero attached hydrogens (tertiary/aromatic N) is 2. The van der Waals surface area contributed by atoms with Gasteiger partial charge in [0.05, 0.1) is 29.8 Å². The Bertz CT molecular complexity index is 1060. The Hall–Kier alpha value is -3.10. The van der Waals surface area contributed by atoms with Gasteiger partial charge < -0.3 is 14.6 Å². The highest BCUT2D eigenvalue weighted by atomic mass is 19.3. The molecule has 0 unspecified atom stereocenters. The number of hydrogen-bond acceptors (Lipinski definition) is 3. The van der Waals surface area contributed by atoms with Gasteiger partial charge in [-0.05, 0) is 24.3 Å². The van der Waals surface area contributed by atoms with Gasteiger partial charge in [0.15, 0.2) is 18.2 Å². The zero-order valence-corrected chi connectivity index (χ0v) is 14.7. The molecule has 5 nitrogen and oxygen atoms in total. The fourth-order valence-electron chi connectivity index (χ4n) is 3.18. The van der Waals surface area contributed by atoms with Crippen LogP contribution in [0.15, 0.2) is 36.7 Å². The first-order chi connectivity index (χ1) is 13.2. The van der Waals surface area contributed by atoms with Crippen molar-refractivity contribution in [3.05, 3.63) is 53.9 Å². The zero-order valence-electron chi connectivity index (χ0n) is 14.7. The van der Waals surface area contributed by atoms with Crippen molar-refractivity contribution in [1.82, 2.24) is 9.97 Å². The lowest BCUT2D eigenvalue weighted by atomic mass is 9.92. The summed E-state index contributed by atoms with van der Waals surface area (Å²) in [5, 5.41) is 0. The maximum atomic E-state index is 14.6. The number of carbonyl (C=O) groups is 1. The number of alkyl halides is 2. The molecule has 1 saturated heterocycles. The Morgan fingerprint density at radius 1 is 1.25 bits per heavy atom. The molecule has 0 spiro atoms. The average molecular weight is 393 g/mol. The Kier molecular flexibility index (Phi) is 4.24. The number of fused-ring (bicyclic) bond motifs is 1. The minimum atomic E-state index is -3.18. The van der Waals surface area contributed by atoms with Crippen LogP contribution < -0.4 is 9.64 Å². The number of H-pyrrole nitrogens is 1. The van der Waals surface area contributed by atoms with Crippen molar-refractivity contribution in [3.8, 4) is 5.75 Å². The third-order valence-corrected chi connectivity index (χ3v) is 4.55. The van der Waals surface area contributed by atoms with E-state index in [1.807, 2.05) is 0 Å². The SMILES string of the molecule is CC(F)(F)COc1ccc([C@H]2CC(=O)N2c2ccc3[nH]cnc3c2)c(F)c1F. The number of rotatable bonds is 5. The van der Waals surface area contributed by atoms with Crippen LogP contribution in [0, 0.1) is 11.6 Å². The number of aromatic nitrogens is 2. The summed E-state index contributed by atoms with van der Waals surface area (Å²) < 4.78 is 59.3. The summed E-state index contributed by atoms with van der Waals surface area (Å²) in [6.45, 7) is -0.454. The highest BCUT2D eigenvalue weighted by Crippen LogP contribution is 2.41. The molecule has 1 aliphatic heterocycles. The molecule has 1 atom stereocenters. The standard InChI is InChI=1S/C19H15F4N3O2/c1-19(22,23)8-28-15-5-3-11(17(20)18(15)21)14-7-16(27)26(14)10-2-4-12-13(6-10)25-9-24-12/h2-6,9,14H,7-8H2,1H3,(H,24,25)/t14-/m1/s1. The summed E-state index contributed by atoms with van der Waals surface area (Å²) in [4.78, 5) is 20.5. The molecule has 28 heavy (non-hydrogen) atoms. The Morgan fingerprint density at radius 2 is 2.04 bits per heavy atom. The number of nitrogens with one attached hydrogen (secondary N) is 1. The van der Waals surface area contributed by atoms with Gasteiger partial charge in [0.2, 0.25) is 11.7 Å². The zero-order chi connectivity index (χ0) is 20.1. The van der Waals surface area contributed by atoms with Crippen LogP contribution in [-0.4, -0.2) is 28.4 Å². The van der Waals surface area contributed by atoms with Gasteiger partial charge in [0, 0.05) is 18.2 Å². The van der Waals surface area contributed by atoms with Crippen molar-refractivity contribution in [1.29, 1.82) is 0 Å². The second-order valence-electron chi connectivity index (χ2n) is 6.73. The van der Waals surface area contributed by atoms with E-state index in [9.17, 15) is 22.4 Å². The largest absolute Gasteiger partial charge is 0.484 e. The van der Waals surface area contributed by atoms with Crippen molar-refractivity contribution in [3.63, 3.8) is 0 Å². The second-order valence-corrected chi connectivity index (χ2v) is 6.73. The van der Waals surface area contributed by atoms with Gasteiger partial charge in [0.1, 0.15) is 0 Å². The molecule has 1 N–H and O–H groups in total. The molecule has 146 valence electrons. The van der Waals surface area contributed by atoms with E-state index >= 15 is 0 Å². The molecule has 0 saturated carbocycles. The van der Waals surface area contributed by atoms with E-state index in [1.165, 1.54) is 17.3 Å². The lowest BCUT2D eigenvalue weighted by Gasteiger charge is -2.40. The smallest absolute Gasteiger partial charge is 0.278 e. The molecule has 1 fully saturated rings. The molecule has 1 aromatic heterocycles. The van der Waals surface area contributed by atoms with Crippen LogP contribution in [0.4, 0.5) is 23.2 Å². The molecular formula is C19H15F4N3O2. The van der Waals surface area contributed by atoms with Crippen molar-refractivity contribution < 1.29 is 27.1 Å². The quantitative estimate of drug-likeness (QED) is 0.518. The first kappa shape index (κ1) is 18.3. The number of aromatic amines is 1. The van der Waals surface area contributed by atoms with E-state index in [0.717, 1.165) is 11.6 Å². The van der Waals surface area contributed by atoms with Crippen LogP contribution in [0.3, 0.4) is 0 Å². The number of benzene rings is 2. The monoisotopic (exact) mass is 393 g/mol. The number of anilines is 1. The summed E-state index contributed by atoms with van der Waals surface area (Å²) in [7, 11) is 0. The molecule has 0 bridgehead atoms. The fraction of sp³-hybridized carbons (Fsp3) is 0.263. The van der Waals surface area contributed by atoms with E-state index in [-0.39, 0.29) is 17.9 Å². The summed E-state index contributed by atoms with van der Waals surface area (Å²) in [5.74, 6) is -6.60. The summed E-state index contributed by atoms with van der Waals surface area (Å²) >= 11 is 0. The molecule has 0 radical (unpaired) electrons. The number of carbonyl (C=O) groups excluding carboxylic acids is 1. The fourth-order valence-corrected chi connectivity index (χ4v) is 3.18. The minimum Gasteiger partial charge on any atom is -0.484 e. The van der Waals surface area contributed by atoms with Crippen molar-refractivity contribution in [2.45, 2.75) is 25.3 Å². The van der Waals surface area contributed by atoms with Gasteiger partial charge in [-0.1, -0.05) is 6.07 Å². The third-order valence-electron chi connectivity index (χ3n) is 4.55. The number of imidazole rings is 1. The molecule has 1 aliphatic rings. The van der Waals surface area contributed by atoms with E-state index in [4.69, 9.17) is 0 Å². The topological polar surface area (TPSA) is 58.2 Å². The highest BCUT2D eigenvalue weighted by Gasteiger charge is 2.40. The van der Waals surface area contributed by atoms with Gasteiger partial charge in [-0.15, -0.1) is 0 Å². The van der Waals surface area contributed by atoms with Crippen LogP contribution in [0.2, 0.25) is 0 Å². The lowest BCUT2D eigenvalue weighted by Crippen LogP contribution is -2.47. The average Bonchev–Trinajstić information content (AvgIpc) is 3.08. The van der Waals surface area contributed by atoms with Crippen LogP contribution >= 0.6 is 0 Å². The van der Waals surface area contributed by atoms with Crippen LogP contribution in [-0.2, 0) is 4.79 Å². The molecular weight excluding hydrogens is 378 g/mol. The van der Waals surface area contributed by atoms with E-state index in [1.54, 1.807) is 18.2 Å². The normalized spacial score (nSPS) is 17.1. The van der Waals surface area contributed by atoms with Crippen molar-refractivity contribution in [2.75, 3.05) is 11.5 Å². The number of hydrogen-bond donors (Lipinski definition) is 1. The van der Waals surface area contributed by atoms with Gasteiger partial charge >= 0.3 is 0 Å². The van der Waals surface area contributed by atoms with Crippen molar-refractivity contribution >= 4 is 22.6 Å². The van der Waals surface area contributed by atoms with Gasteiger partial charge in [-0.2, -0.15) is 4.39 Å². The third kappa shape index (κ3) is 3.17. The molecule has 9 heteroatoms. The van der Waals surface area contributed by atoms with Crippen molar-refractivity contribution in [2.24, 2.45) is 0 Å². The lowest BCUT2D eigenvalue weighted by molar-refractivity contribution is -0.124. The number of halogens is 4. The first-order valence-corrected chi connectivity index (χ1v) is 8.48. The predicted octanol–water partition coefficient (Wildman–Crippen LogP) is 4.35. The maximum Gasteiger partial charge on any atom is 0.278 e. The second kappa shape index (κ2) is 6.50. The molecule has 3 aromatic rings. The minimum absolute atomic E-state index is 0.00218. The van der Waals surface area contributed by atoms with Crippen LogP contribution in [0.1, 0.15) is 24.9 Å². The van der Waals surface area contributed by atoms with E-state index in [0.29, 0.717) is 18.1 Å². The maximum absolute atomic E-state index is 14.6. The molecule has 0 aliphatic carbocycles.